The molecule has 0 saturated carbocycles. The molecule has 0 atom stereocenters. The second-order valence-corrected chi connectivity index (χ2v) is 10.9. The van der Waals surface area contributed by atoms with Crippen molar-refractivity contribution < 1.29 is 4.39 Å². The smallest absolute Gasteiger partial charge is 0.148 e. The summed E-state index contributed by atoms with van der Waals surface area (Å²) < 4.78 is 16.2. The third kappa shape index (κ3) is 2.54. The molecule has 0 spiro atoms. The lowest BCUT2D eigenvalue weighted by Crippen LogP contribution is -2.19. The molecule has 0 fully saturated rings. The van der Waals surface area contributed by atoms with Crippen LogP contribution in [0.3, 0.4) is 0 Å². The molecule has 150 valence electrons. The van der Waals surface area contributed by atoms with Gasteiger partial charge >= 0.3 is 0 Å². The Morgan fingerprint density at radius 2 is 1.55 bits per heavy atom. The van der Waals surface area contributed by atoms with Crippen LogP contribution >= 0.6 is 0 Å². The SMILES string of the molecule is CC(C)(C)c1nc2ccc(F)cc2c2nc3cc4c(cc3n12)C(C)(C)CC4(C)C. The van der Waals surface area contributed by atoms with Gasteiger partial charge < -0.3 is 0 Å². The van der Waals surface area contributed by atoms with Crippen molar-refractivity contribution in [3.63, 3.8) is 0 Å². The van der Waals surface area contributed by atoms with E-state index in [-0.39, 0.29) is 22.1 Å². The van der Waals surface area contributed by atoms with Crippen molar-refractivity contribution in [1.29, 1.82) is 0 Å². The molecule has 2 aromatic heterocycles. The minimum absolute atomic E-state index is 0.107. The average Bonchev–Trinajstić information content (AvgIpc) is 3.04. The quantitative estimate of drug-likeness (QED) is 0.347. The van der Waals surface area contributed by atoms with Gasteiger partial charge in [0.05, 0.1) is 16.6 Å². The van der Waals surface area contributed by atoms with Crippen LogP contribution in [0.1, 0.15) is 71.8 Å². The van der Waals surface area contributed by atoms with Crippen molar-refractivity contribution in [1.82, 2.24) is 14.4 Å². The molecule has 2 aromatic carbocycles. The zero-order chi connectivity index (χ0) is 20.9. The van der Waals surface area contributed by atoms with Gasteiger partial charge in [-0.15, -0.1) is 0 Å². The van der Waals surface area contributed by atoms with Gasteiger partial charge in [0.15, 0.2) is 0 Å². The van der Waals surface area contributed by atoms with E-state index in [1.165, 1.54) is 17.2 Å². The Bertz CT molecular complexity index is 1320. The van der Waals surface area contributed by atoms with Gasteiger partial charge in [-0.1, -0.05) is 48.5 Å². The van der Waals surface area contributed by atoms with Gasteiger partial charge in [0, 0.05) is 10.8 Å². The largest absolute Gasteiger partial charge is 0.279 e. The Kier molecular flexibility index (Phi) is 3.42. The van der Waals surface area contributed by atoms with E-state index in [1.807, 2.05) is 0 Å². The van der Waals surface area contributed by atoms with Crippen LogP contribution in [0.15, 0.2) is 30.3 Å². The highest BCUT2D eigenvalue weighted by Crippen LogP contribution is 2.50. The lowest BCUT2D eigenvalue weighted by atomic mass is 9.82. The highest BCUT2D eigenvalue weighted by molar-refractivity contribution is 5.97. The predicted molar refractivity (Wildman–Crippen MR) is 117 cm³/mol. The lowest BCUT2D eigenvalue weighted by molar-refractivity contribution is 0.403. The van der Waals surface area contributed by atoms with Crippen LogP contribution in [0.25, 0.3) is 27.6 Å². The first-order valence-corrected chi connectivity index (χ1v) is 10.4. The van der Waals surface area contributed by atoms with Crippen LogP contribution in [-0.4, -0.2) is 14.4 Å². The molecular weight excluding hydrogens is 361 g/mol. The molecule has 0 bridgehead atoms. The summed E-state index contributed by atoms with van der Waals surface area (Å²) in [6.45, 7) is 15.8. The van der Waals surface area contributed by atoms with Crippen LogP contribution in [0.5, 0.6) is 0 Å². The molecule has 0 radical (unpaired) electrons. The van der Waals surface area contributed by atoms with E-state index in [9.17, 15) is 4.39 Å². The third-order valence-electron chi connectivity index (χ3n) is 6.44. The summed E-state index contributed by atoms with van der Waals surface area (Å²) in [7, 11) is 0. The van der Waals surface area contributed by atoms with Crippen LogP contribution < -0.4 is 0 Å². The van der Waals surface area contributed by atoms with Crippen molar-refractivity contribution in [2.24, 2.45) is 0 Å². The van der Waals surface area contributed by atoms with Crippen LogP contribution in [-0.2, 0) is 16.2 Å². The molecule has 2 heterocycles. The summed E-state index contributed by atoms with van der Waals surface area (Å²) in [5.41, 5.74) is 6.39. The van der Waals surface area contributed by atoms with Gasteiger partial charge in [-0.25, -0.2) is 14.4 Å². The van der Waals surface area contributed by atoms with Crippen molar-refractivity contribution in [2.45, 2.75) is 71.1 Å². The summed E-state index contributed by atoms with van der Waals surface area (Å²) in [6, 6.07) is 9.34. The molecule has 5 rings (SSSR count). The summed E-state index contributed by atoms with van der Waals surface area (Å²) in [6.07, 6.45) is 1.11. The summed E-state index contributed by atoms with van der Waals surface area (Å²) in [5, 5.41) is 0.757. The monoisotopic (exact) mass is 389 g/mol. The van der Waals surface area contributed by atoms with Gasteiger partial charge in [0.2, 0.25) is 0 Å². The van der Waals surface area contributed by atoms with E-state index >= 15 is 0 Å². The van der Waals surface area contributed by atoms with Gasteiger partial charge in [-0.2, -0.15) is 0 Å². The zero-order valence-corrected chi connectivity index (χ0v) is 18.3. The van der Waals surface area contributed by atoms with Crippen LogP contribution in [0.4, 0.5) is 4.39 Å². The molecule has 0 saturated heterocycles. The first kappa shape index (κ1) is 18.5. The van der Waals surface area contributed by atoms with Gasteiger partial charge in [-0.3, -0.25) is 4.40 Å². The normalized spacial score (nSPS) is 18.1. The van der Waals surface area contributed by atoms with Crippen molar-refractivity contribution in [3.8, 4) is 0 Å². The number of aromatic nitrogens is 3. The number of halogens is 1. The standard InChI is InChI=1S/C25H28FN3/c1-23(2,3)22-28-18-9-8-14(26)10-15(18)21-27-19-11-16-17(12-20(19)29(21)22)25(6,7)13-24(16,4)5/h8-12H,13H2,1-7H3. The van der Waals surface area contributed by atoms with Crippen LogP contribution in [0, 0.1) is 5.82 Å². The number of fused-ring (bicyclic) bond motifs is 6. The number of hydrogen-bond donors (Lipinski definition) is 0. The van der Waals surface area contributed by atoms with Crippen molar-refractivity contribution in [3.05, 3.63) is 53.1 Å². The second kappa shape index (κ2) is 5.35. The van der Waals surface area contributed by atoms with E-state index < -0.39 is 0 Å². The molecule has 0 amide bonds. The fraction of sp³-hybridized carbons (Fsp3) is 0.440. The molecule has 3 nitrogen and oxygen atoms in total. The Labute approximate surface area is 171 Å². The number of nitrogens with zero attached hydrogens (tertiary/aromatic N) is 3. The molecule has 1 aliphatic carbocycles. The zero-order valence-electron chi connectivity index (χ0n) is 18.3. The van der Waals surface area contributed by atoms with E-state index in [1.54, 1.807) is 12.1 Å². The van der Waals surface area contributed by atoms with Gasteiger partial charge in [0.1, 0.15) is 17.3 Å². The minimum Gasteiger partial charge on any atom is -0.279 e. The maximum atomic E-state index is 14.1. The molecule has 29 heavy (non-hydrogen) atoms. The molecule has 0 N–H and O–H groups in total. The highest BCUT2D eigenvalue weighted by atomic mass is 19.1. The molecule has 0 aliphatic heterocycles. The highest BCUT2D eigenvalue weighted by Gasteiger charge is 2.42. The first-order chi connectivity index (χ1) is 13.4. The van der Waals surface area contributed by atoms with Crippen molar-refractivity contribution in [2.75, 3.05) is 0 Å². The van der Waals surface area contributed by atoms with Gasteiger partial charge in [0.25, 0.3) is 0 Å². The topological polar surface area (TPSA) is 30.2 Å². The molecule has 4 heteroatoms. The second-order valence-electron chi connectivity index (χ2n) is 10.9. The number of imidazole rings is 1. The van der Waals surface area contributed by atoms with E-state index in [4.69, 9.17) is 9.97 Å². The Balaban J connectivity index is 2.00. The predicted octanol–water partition coefficient (Wildman–Crippen LogP) is 6.43. The number of rotatable bonds is 0. The van der Waals surface area contributed by atoms with Crippen molar-refractivity contribution >= 4 is 27.6 Å². The average molecular weight is 390 g/mol. The Morgan fingerprint density at radius 1 is 0.897 bits per heavy atom. The fourth-order valence-electron chi connectivity index (χ4n) is 5.39. The summed E-state index contributed by atoms with van der Waals surface area (Å²) in [5.74, 6) is 0.686. The van der Waals surface area contributed by atoms with E-state index in [0.29, 0.717) is 0 Å². The molecule has 1 aliphatic rings. The molecule has 0 unspecified atom stereocenters. The Morgan fingerprint density at radius 3 is 2.21 bits per heavy atom. The third-order valence-corrected chi connectivity index (χ3v) is 6.44. The maximum absolute atomic E-state index is 14.1. The van der Waals surface area contributed by atoms with E-state index in [0.717, 1.165) is 39.8 Å². The Hall–Kier alpha value is -2.49. The lowest BCUT2D eigenvalue weighted by Gasteiger charge is -2.22. The fourth-order valence-corrected chi connectivity index (χ4v) is 5.39. The number of benzene rings is 2. The summed E-state index contributed by atoms with van der Waals surface area (Å²) in [4.78, 5) is 9.96. The molecule has 4 aromatic rings. The molecular formula is C25H28FN3. The van der Waals surface area contributed by atoms with Crippen LogP contribution in [0.2, 0.25) is 0 Å². The maximum Gasteiger partial charge on any atom is 0.148 e. The van der Waals surface area contributed by atoms with E-state index in [2.05, 4.69) is 65.0 Å². The number of hydrogen-bond acceptors (Lipinski definition) is 2. The first-order valence-electron chi connectivity index (χ1n) is 10.4. The van der Waals surface area contributed by atoms with Gasteiger partial charge in [-0.05, 0) is 58.7 Å². The summed E-state index contributed by atoms with van der Waals surface area (Å²) >= 11 is 0. The minimum atomic E-state index is -0.262.